The van der Waals surface area contributed by atoms with Crippen molar-refractivity contribution in [3.05, 3.63) is 41.7 Å². The van der Waals surface area contributed by atoms with E-state index in [4.69, 9.17) is 4.74 Å². The van der Waals surface area contributed by atoms with E-state index in [1.807, 2.05) is 18.3 Å². The van der Waals surface area contributed by atoms with E-state index in [2.05, 4.69) is 22.4 Å². The van der Waals surface area contributed by atoms with Gasteiger partial charge in [-0.05, 0) is 37.0 Å². The molecule has 0 N–H and O–H groups in total. The van der Waals surface area contributed by atoms with Crippen LogP contribution in [-0.2, 0) is 22.0 Å². The first-order valence-corrected chi connectivity index (χ1v) is 10.1. The fraction of sp³-hybridized carbons (Fsp3) is 0.529. The van der Waals surface area contributed by atoms with Gasteiger partial charge in [-0.1, -0.05) is 17.3 Å². The molecule has 2 aromatic rings. The van der Waals surface area contributed by atoms with Gasteiger partial charge in [-0.15, -0.1) is 5.10 Å². The smallest absolute Gasteiger partial charge is 0.214 e. The Morgan fingerprint density at radius 1 is 1.28 bits per heavy atom. The lowest BCUT2D eigenvalue weighted by molar-refractivity contribution is 0.340. The van der Waals surface area contributed by atoms with Crippen LogP contribution in [0.5, 0.6) is 5.75 Å². The van der Waals surface area contributed by atoms with Gasteiger partial charge in [-0.3, -0.25) is 4.68 Å². The molecular formula is C17H22N4O3S. The highest BCUT2D eigenvalue weighted by Gasteiger charge is 2.48. The summed E-state index contributed by atoms with van der Waals surface area (Å²) in [5.41, 5.74) is 2.13. The molecule has 1 saturated carbocycles. The average Bonchev–Trinajstić information content (AvgIpc) is 3.22. The quantitative estimate of drug-likeness (QED) is 0.803. The average molecular weight is 362 g/mol. The van der Waals surface area contributed by atoms with E-state index in [0.717, 1.165) is 24.3 Å². The van der Waals surface area contributed by atoms with Crippen molar-refractivity contribution in [1.82, 2.24) is 19.3 Å². The van der Waals surface area contributed by atoms with Crippen molar-refractivity contribution in [2.24, 2.45) is 0 Å². The van der Waals surface area contributed by atoms with Crippen LogP contribution in [0.1, 0.15) is 30.5 Å². The molecule has 1 aromatic heterocycles. The van der Waals surface area contributed by atoms with Gasteiger partial charge in [-0.2, -0.15) is 0 Å². The molecule has 1 aliphatic carbocycles. The van der Waals surface area contributed by atoms with Gasteiger partial charge in [0.25, 0.3) is 0 Å². The molecule has 1 saturated heterocycles. The third-order valence-corrected chi connectivity index (χ3v) is 7.41. The summed E-state index contributed by atoms with van der Waals surface area (Å²) in [5.74, 6) is 1.06. The molecule has 0 spiro atoms. The fourth-order valence-electron chi connectivity index (χ4n) is 3.59. The minimum atomic E-state index is -3.09. The van der Waals surface area contributed by atoms with Gasteiger partial charge in [0.2, 0.25) is 10.0 Å². The molecule has 134 valence electrons. The lowest BCUT2D eigenvalue weighted by Crippen LogP contribution is -2.32. The van der Waals surface area contributed by atoms with Gasteiger partial charge < -0.3 is 4.74 Å². The van der Waals surface area contributed by atoms with Crippen LogP contribution in [0, 0.1) is 0 Å². The lowest BCUT2D eigenvalue weighted by atomic mass is 9.93. The zero-order valence-corrected chi connectivity index (χ0v) is 15.2. The summed E-state index contributed by atoms with van der Waals surface area (Å²) in [6, 6.07) is 8.07. The molecule has 0 bridgehead atoms. The standard InChI is InChI=1S/C17H22N4O3S/c1-20-14(7-10-25(20,22)23)11-21-12-16(18-19-21)17(8-9-17)13-3-5-15(24-2)6-4-13/h3-6,12,14H,7-11H2,1-2H3. The second-order valence-electron chi connectivity index (χ2n) is 6.91. The van der Waals surface area contributed by atoms with Crippen LogP contribution in [0.3, 0.4) is 0 Å². The maximum Gasteiger partial charge on any atom is 0.214 e. The maximum atomic E-state index is 11.8. The number of methoxy groups -OCH3 is 1. The predicted molar refractivity (Wildman–Crippen MR) is 93.0 cm³/mol. The Balaban J connectivity index is 1.53. The van der Waals surface area contributed by atoms with E-state index in [1.165, 1.54) is 9.87 Å². The van der Waals surface area contributed by atoms with Gasteiger partial charge in [-0.25, -0.2) is 12.7 Å². The fourth-order valence-corrected chi connectivity index (χ4v) is 5.08. The van der Waals surface area contributed by atoms with Crippen molar-refractivity contribution in [2.45, 2.75) is 37.3 Å². The van der Waals surface area contributed by atoms with Crippen molar-refractivity contribution in [2.75, 3.05) is 19.9 Å². The van der Waals surface area contributed by atoms with Gasteiger partial charge in [0.1, 0.15) is 5.75 Å². The molecule has 1 unspecified atom stereocenters. The molecule has 4 rings (SSSR count). The first-order valence-electron chi connectivity index (χ1n) is 8.45. The highest BCUT2D eigenvalue weighted by molar-refractivity contribution is 7.89. The van der Waals surface area contributed by atoms with E-state index in [1.54, 1.807) is 18.8 Å². The Bertz CT molecular complexity index is 872. The van der Waals surface area contributed by atoms with E-state index < -0.39 is 10.0 Å². The van der Waals surface area contributed by atoms with Crippen LogP contribution in [0.2, 0.25) is 0 Å². The van der Waals surface area contributed by atoms with Crippen molar-refractivity contribution < 1.29 is 13.2 Å². The Morgan fingerprint density at radius 3 is 2.56 bits per heavy atom. The third kappa shape index (κ3) is 2.83. The van der Waals surface area contributed by atoms with Gasteiger partial charge in [0.05, 0.1) is 25.1 Å². The Labute approximate surface area is 147 Å². The van der Waals surface area contributed by atoms with Gasteiger partial charge >= 0.3 is 0 Å². The molecular weight excluding hydrogens is 340 g/mol. The number of nitrogens with zero attached hydrogens (tertiary/aromatic N) is 4. The number of likely N-dealkylation sites (N-methyl/N-ethyl adjacent to an activating group) is 1. The molecule has 1 aromatic carbocycles. The zero-order chi connectivity index (χ0) is 17.7. The van der Waals surface area contributed by atoms with Crippen molar-refractivity contribution >= 4 is 10.0 Å². The number of hydrogen-bond donors (Lipinski definition) is 0. The largest absolute Gasteiger partial charge is 0.497 e. The highest BCUT2D eigenvalue weighted by atomic mass is 32.2. The van der Waals surface area contributed by atoms with Crippen LogP contribution in [-0.4, -0.2) is 53.7 Å². The summed E-state index contributed by atoms with van der Waals surface area (Å²) in [5, 5.41) is 8.63. The normalized spacial score (nSPS) is 24.3. The second kappa shape index (κ2) is 5.81. The van der Waals surface area contributed by atoms with Crippen molar-refractivity contribution in [1.29, 1.82) is 0 Å². The minimum Gasteiger partial charge on any atom is -0.497 e. The third-order valence-electron chi connectivity index (χ3n) is 5.48. The van der Waals surface area contributed by atoms with Gasteiger partial charge in [0, 0.05) is 24.7 Å². The molecule has 2 aliphatic rings. The molecule has 2 fully saturated rings. The molecule has 0 amide bonds. The van der Waals surface area contributed by atoms with Crippen molar-refractivity contribution in [3.8, 4) is 5.75 Å². The molecule has 7 nitrogen and oxygen atoms in total. The molecule has 1 atom stereocenters. The number of hydrogen-bond acceptors (Lipinski definition) is 5. The number of aromatic nitrogens is 3. The van der Waals surface area contributed by atoms with Crippen LogP contribution in [0.4, 0.5) is 0 Å². The minimum absolute atomic E-state index is 0.0457. The maximum absolute atomic E-state index is 11.8. The number of sulfonamides is 1. The van der Waals surface area contributed by atoms with Crippen LogP contribution in [0.15, 0.2) is 30.5 Å². The highest BCUT2D eigenvalue weighted by Crippen LogP contribution is 2.52. The second-order valence-corrected chi connectivity index (χ2v) is 9.06. The Hall–Kier alpha value is -1.93. The summed E-state index contributed by atoms with van der Waals surface area (Å²) in [6.07, 6.45) is 4.71. The molecule has 1 aliphatic heterocycles. The predicted octanol–water partition coefficient (Wildman–Crippen LogP) is 1.40. The molecule has 8 heteroatoms. The molecule has 25 heavy (non-hydrogen) atoms. The lowest BCUT2D eigenvalue weighted by Gasteiger charge is -2.17. The van der Waals surface area contributed by atoms with E-state index >= 15 is 0 Å². The van der Waals surface area contributed by atoms with E-state index in [0.29, 0.717) is 13.0 Å². The number of benzene rings is 1. The monoisotopic (exact) mass is 362 g/mol. The van der Waals surface area contributed by atoms with E-state index in [-0.39, 0.29) is 17.2 Å². The summed E-state index contributed by atoms with van der Waals surface area (Å²) >= 11 is 0. The summed E-state index contributed by atoms with van der Waals surface area (Å²) < 4.78 is 32.2. The van der Waals surface area contributed by atoms with E-state index in [9.17, 15) is 8.42 Å². The SMILES string of the molecule is COc1ccc(C2(c3cn(CC4CCS(=O)(=O)N4C)nn3)CC2)cc1. The first kappa shape index (κ1) is 16.5. The van der Waals surface area contributed by atoms with Crippen LogP contribution >= 0.6 is 0 Å². The zero-order valence-electron chi connectivity index (χ0n) is 14.4. The van der Waals surface area contributed by atoms with Crippen LogP contribution < -0.4 is 4.74 Å². The van der Waals surface area contributed by atoms with Gasteiger partial charge in [0.15, 0.2) is 0 Å². The number of rotatable bonds is 5. The summed E-state index contributed by atoms with van der Waals surface area (Å²) in [4.78, 5) is 0. The Kier molecular flexibility index (Phi) is 3.84. The van der Waals surface area contributed by atoms with Crippen LogP contribution in [0.25, 0.3) is 0 Å². The summed E-state index contributed by atoms with van der Waals surface area (Å²) in [7, 11) is 0.211. The number of ether oxygens (including phenoxy) is 1. The summed E-state index contributed by atoms with van der Waals surface area (Å²) in [6.45, 7) is 0.543. The molecule has 0 radical (unpaired) electrons. The van der Waals surface area contributed by atoms with Crippen molar-refractivity contribution in [3.63, 3.8) is 0 Å². The molecule has 2 heterocycles. The first-order chi connectivity index (χ1) is 11.9. The Morgan fingerprint density at radius 2 is 2.00 bits per heavy atom. The topological polar surface area (TPSA) is 77.3 Å².